The Kier molecular flexibility index (Phi) is 2.75. The molecule has 1 saturated carbocycles. The molecule has 0 aromatic carbocycles. The highest BCUT2D eigenvalue weighted by molar-refractivity contribution is 5.89. The van der Waals surface area contributed by atoms with Crippen LogP contribution in [-0.2, 0) is 6.54 Å². The van der Waals surface area contributed by atoms with Crippen LogP contribution in [0.5, 0.6) is 0 Å². The number of nitrogens with zero attached hydrogens (tertiary/aromatic N) is 2. The number of unbranched alkanes of at least 4 members (excludes halogenated alkanes) is 1. The van der Waals surface area contributed by atoms with Crippen molar-refractivity contribution in [3.05, 3.63) is 17.5 Å². The minimum atomic E-state index is -0.848. The molecule has 1 fully saturated rings. The van der Waals surface area contributed by atoms with Crippen molar-refractivity contribution in [1.82, 2.24) is 9.78 Å². The van der Waals surface area contributed by atoms with Crippen LogP contribution >= 0.6 is 0 Å². The number of aromatic carboxylic acids is 1. The Morgan fingerprint density at radius 2 is 2.40 bits per heavy atom. The lowest BCUT2D eigenvalue weighted by Crippen LogP contribution is -2.07. The number of hydrogen-bond acceptors (Lipinski definition) is 2. The minimum absolute atomic E-state index is 0.397. The number of rotatable bonds is 5. The average Bonchev–Trinajstić information content (AvgIpc) is 2.95. The van der Waals surface area contributed by atoms with Crippen molar-refractivity contribution in [3.63, 3.8) is 0 Å². The van der Waals surface area contributed by atoms with Crippen molar-refractivity contribution in [1.29, 1.82) is 0 Å². The summed E-state index contributed by atoms with van der Waals surface area (Å²) >= 11 is 0. The summed E-state index contributed by atoms with van der Waals surface area (Å²) in [5, 5.41) is 13.2. The van der Waals surface area contributed by atoms with Gasteiger partial charge in [0.05, 0.1) is 11.9 Å². The molecule has 0 unspecified atom stereocenters. The van der Waals surface area contributed by atoms with E-state index in [1.807, 2.05) is 4.68 Å². The Labute approximate surface area is 88.9 Å². The minimum Gasteiger partial charge on any atom is -0.478 e. The highest BCUT2D eigenvalue weighted by atomic mass is 16.4. The molecular weight excluding hydrogens is 192 g/mol. The lowest BCUT2D eigenvalue weighted by atomic mass is 10.2. The number of aromatic nitrogens is 2. The molecule has 0 amide bonds. The van der Waals surface area contributed by atoms with E-state index in [0.29, 0.717) is 11.5 Å². The zero-order valence-electron chi connectivity index (χ0n) is 8.94. The van der Waals surface area contributed by atoms with Gasteiger partial charge in [0.1, 0.15) is 5.56 Å². The summed E-state index contributed by atoms with van der Waals surface area (Å²) in [5.74, 6) is -0.407. The second-order valence-corrected chi connectivity index (χ2v) is 4.10. The maximum absolute atomic E-state index is 11.0. The maximum Gasteiger partial charge on any atom is 0.339 e. The summed E-state index contributed by atoms with van der Waals surface area (Å²) in [4.78, 5) is 11.0. The van der Waals surface area contributed by atoms with Gasteiger partial charge < -0.3 is 5.11 Å². The van der Waals surface area contributed by atoms with E-state index in [1.165, 1.54) is 6.20 Å². The third kappa shape index (κ3) is 2.03. The number of aryl methyl sites for hydroxylation is 1. The summed E-state index contributed by atoms with van der Waals surface area (Å²) in [6, 6.07) is 0. The van der Waals surface area contributed by atoms with Crippen molar-refractivity contribution in [2.24, 2.45) is 0 Å². The lowest BCUT2D eigenvalue weighted by Gasteiger charge is -2.06. The zero-order valence-corrected chi connectivity index (χ0v) is 8.94. The number of hydrogen-bond donors (Lipinski definition) is 1. The fourth-order valence-corrected chi connectivity index (χ4v) is 1.83. The standard InChI is InChI=1S/C11H16N2O2/c1-2-3-6-13-10(8-4-5-8)9(7-12-13)11(14)15/h7-8H,2-6H2,1H3,(H,14,15). The third-order valence-electron chi connectivity index (χ3n) is 2.80. The van der Waals surface area contributed by atoms with Crippen LogP contribution in [-0.4, -0.2) is 20.9 Å². The largest absolute Gasteiger partial charge is 0.478 e. The molecule has 1 N–H and O–H groups in total. The van der Waals surface area contributed by atoms with Gasteiger partial charge in [0.25, 0.3) is 0 Å². The molecule has 1 heterocycles. The molecule has 0 spiro atoms. The zero-order chi connectivity index (χ0) is 10.8. The first-order valence-electron chi connectivity index (χ1n) is 5.53. The fraction of sp³-hybridized carbons (Fsp3) is 0.636. The van der Waals surface area contributed by atoms with Gasteiger partial charge in [-0.1, -0.05) is 13.3 Å². The van der Waals surface area contributed by atoms with Gasteiger partial charge in [-0.25, -0.2) is 4.79 Å². The van der Waals surface area contributed by atoms with Gasteiger partial charge in [0, 0.05) is 12.5 Å². The highest BCUT2D eigenvalue weighted by Crippen LogP contribution is 2.41. The first kappa shape index (κ1) is 10.2. The van der Waals surface area contributed by atoms with Crippen LogP contribution < -0.4 is 0 Å². The molecule has 2 rings (SSSR count). The van der Waals surface area contributed by atoms with E-state index >= 15 is 0 Å². The predicted molar refractivity (Wildman–Crippen MR) is 56.1 cm³/mol. The van der Waals surface area contributed by atoms with E-state index in [9.17, 15) is 4.79 Å². The summed E-state index contributed by atoms with van der Waals surface area (Å²) in [6.07, 6.45) is 5.87. The van der Waals surface area contributed by atoms with Crippen molar-refractivity contribution in [3.8, 4) is 0 Å². The van der Waals surface area contributed by atoms with E-state index in [2.05, 4.69) is 12.0 Å². The average molecular weight is 208 g/mol. The van der Waals surface area contributed by atoms with Crippen molar-refractivity contribution >= 4 is 5.97 Å². The molecule has 4 nitrogen and oxygen atoms in total. The van der Waals surface area contributed by atoms with E-state index in [4.69, 9.17) is 5.11 Å². The Hall–Kier alpha value is -1.32. The van der Waals surface area contributed by atoms with Crippen LogP contribution in [0.3, 0.4) is 0 Å². The molecule has 0 radical (unpaired) electrons. The molecule has 0 atom stereocenters. The van der Waals surface area contributed by atoms with Crippen molar-refractivity contribution < 1.29 is 9.90 Å². The fourth-order valence-electron chi connectivity index (χ4n) is 1.83. The van der Waals surface area contributed by atoms with Gasteiger partial charge in [0.15, 0.2) is 0 Å². The maximum atomic E-state index is 11.0. The van der Waals surface area contributed by atoms with Gasteiger partial charge in [-0.15, -0.1) is 0 Å². The van der Waals surface area contributed by atoms with Gasteiger partial charge in [-0.05, 0) is 19.3 Å². The van der Waals surface area contributed by atoms with E-state index in [-0.39, 0.29) is 0 Å². The molecule has 1 aromatic rings. The summed E-state index contributed by atoms with van der Waals surface area (Å²) in [7, 11) is 0. The van der Waals surface area contributed by atoms with Gasteiger partial charge in [0.2, 0.25) is 0 Å². The molecule has 0 saturated heterocycles. The summed E-state index contributed by atoms with van der Waals surface area (Å²) < 4.78 is 1.88. The molecule has 1 aromatic heterocycles. The van der Waals surface area contributed by atoms with Crippen LogP contribution in [0.15, 0.2) is 6.20 Å². The van der Waals surface area contributed by atoms with Crippen molar-refractivity contribution in [2.75, 3.05) is 0 Å². The van der Waals surface area contributed by atoms with Crippen LogP contribution in [0.4, 0.5) is 0 Å². The molecule has 0 aliphatic heterocycles. The Balaban J connectivity index is 2.25. The van der Waals surface area contributed by atoms with E-state index in [0.717, 1.165) is 37.9 Å². The molecular formula is C11H16N2O2. The molecule has 15 heavy (non-hydrogen) atoms. The smallest absolute Gasteiger partial charge is 0.339 e. The summed E-state index contributed by atoms with van der Waals surface area (Å²) in [5.41, 5.74) is 1.34. The van der Waals surface area contributed by atoms with Gasteiger partial charge in [-0.2, -0.15) is 5.10 Å². The third-order valence-corrected chi connectivity index (χ3v) is 2.80. The first-order valence-corrected chi connectivity index (χ1v) is 5.53. The topological polar surface area (TPSA) is 55.1 Å². The summed E-state index contributed by atoms with van der Waals surface area (Å²) in [6.45, 7) is 2.97. The van der Waals surface area contributed by atoms with Crippen LogP contribution in [0, 0.1) is 0 Å². The molecule has 4 heteroatoms. The molecule has 82 valence electrons. The van der Waals surface area contributed by atoms with E-state index < -0.39 is 5.97 Å². The van der Waals surface area contributed by atoms with Crippen molar-refractivity contribution in [2.45, 2.75) is 45.1 Å². The molecule has 1 aliphatic carbocycles. The first-order chi connectivity index (χ1) is 7.24. The highest BCUT2D eigenvalue weighted by Gasteiger charge is 2.32. The van der Waals surface area contributed by atoms with Crippen LogP contribution in [0.1, 0.15) is 54.6 Å². The van der Waals surface area contributed by atoms with Gasteiger partial charge >= 0.3 is 5.97 Å². The Bertz CT molecular complexity index is 367. The Morgan fingerprint density at radius 3 is 2.93 bits per heavy atom. The Morgan fingerprint density at radius 1 is 1.67 bits per heavy atom. The van der Waals surface area contributed by atoms with E-state index in [1.54, 1.807) is 0 Å². The second kappa shape index (κ2) is 4.04. The van der Waals surface area contributed by atoms with Crippen LogP contribution in [0.2, 0.25) is 0 Å². The van der Waals surface area contributed by atoms with Crippen LogP contribution in [0.25, 0.3) is 0 Å². The molecule has 0 bridgehead atoms. The second-order valence-electron chi connectivity index (χ2n) is 4.10. The monoisotopic (exact) mass is 208 g/mol. The van der Waals surface area contributed by atoms with Gasteiger partial charge in [-0.3, -0.25) is 4.68 Å². The lowest BCUT2D eigenvalue weighted by molar-refractivity contribution is 0.0695. The number of carbonyl (C=O) groups is 1. The molecule has 1 aliphatic rings. The number of carboxylic acids is 1. The normalized spacial score (nSPS) is 15.5. The quantitative estimate of drug-likeness (QED) is 0.807. The predicted octanol–water partition coefficient (Wildman–Crippen LogP) is 2.26. The number of carboxylic acid groups (broad SMARTS) is 1. The SMILES string of the molecule is CCCCn1ncc(C(=O)O)c1C1CC1.